The Labute approximate surface area is 123 Å². The number of hydrogen-bond donors (Lipinski definition) is 2. The lowest BCUT2D eigenvalue weighted by Gasteiger charge is -2.08. The van der Waals surface area contributed by atoms with Crippen LogP contribution in [0.1, 0.15) is 33.2 Å². The SMILES string of the molecule is CC(=O)c1cccc(NC(=O)c2ccc3c(c2)NCC3)c1. The largest absolute Gasteiger partial charge is 0.384 e. The highest BCUT2D eigenvalue weighted by atomic mass is 16.1. The summed E-state index contributed by atoms with van der Waals surface area (Å²) in [5, 5.41) is 6.08. The Morgan fingerprint density at radius 3 is 2.76 bits per heavy atom. The summed E-state index contributed by atoms with van der Waals surface area (Å²) in [5.41, 5.74) is 4.09. The minimum absolute atomic E-state index is 0.0205. The number of hydrogen-bond acceptors (Lipinski definition) is 3. The Bertz CT molecular complexity index is 722. The average Bonchev–Trinajstić information content (AvgIpc) is 2.94. The van der Waals surface area contributed by atoms with Gasteiger partial charge in [0.1, 0.15) is 0 Å². The fraction of sp³-hybridized carbons (Fsp3) is 0.176. The molecule has 2 aromatic rings. The van der Waals surface area contributed by atoms with Crippen LogP contribution in [-0.2, 0) is 6.42 Å². The van der Waals surface area contributed by atoms with Crippen molar-refractivity contribution in [2.75, 3.05) is 17.2 Å². The highest BCUT2D eigenvalue weighted by molar-refractivity contribution is 6.05. The number of benzene rings is 2. The van der Waals surface area contributed by atoms with Gasteiger partial charge in [0, 0.05) is 29.0 Å². The molecule has 0 fully saturated rings. The van der Waals surface area contributed by atoms with Crippen molar-refractivity contribution in [3.63, 3.8) is 0 Å². The number of anilines is 2. The maximum Gasteiger partial charge on any atom is 0.255 e. The first-order valence-electron chi connectivity index (χ1n) is 6.92. The lowest BCUT2D eigenvalue weighted by Crippen LogP contribution is -2.12. The molecule has 0 radical (unpaired) electrons. The summed E-state index contributed by atoms with van der Waals surface area (Å²) in [6.45, 7) is 2.42. The first kappa shape index (κ1) is 13.4. The van der Waals surface area contributed by atoms with Crippen molar-refractivity contribution in [2.45, 2.75) is 13.3 Å². The van der Waals surface area contributed by atoms with Crippen LogP contribution in [-0.4, -0.2) is 18.2 Å². The molecular weight excluding hydrogens is 264 g/mol. The van der Waals surface area contributed by atoms with Crippen LogP contribution in [0.5, 0.6) is 0 Å². The van der Waals surface area contributed by atoms with Crippen molar-refractivity contribution < 1.29 is 9.59 Å². The standard InChI is InChI=1S/C17H16N2O2/c1-11(20)13-3-2-4-15(9-13)19-17(21)14-6-5-12-7-8-18-16(12)10-14/h2-6,9-10,18H,7-8H2,1H3,(H,19,21). The molecule has 0 aliphatic carbocycles. The molecule has 0 bridgehead atoms. The van der Waals surface area contributed by atoms with Crippen molar-refractivity contribution in [1.29, 1.82) is 0 Å². The Kier molecular flexibility index (Phi) is 3.44. The molecule has 3 rings (SSSR count). The second-order valence-electron chi connectivity index (χ2n) is 5.14. The molecule has 0 unspecified atom stereocenters. The Morgan fingerprint density at radius 1 is 1.10 bits per heavy atom. The minimum Gasteiger partial charge on any atom is -0.384 e. The maximum absolute atomic E-state index is 12.3. The Morgan fingerprint density at radius 2 is 1.95 bits per heavy atom. The van der Waals surface area contributed by atoms with Gasteiger partial charge in [0.15, 0.2) is 5.78 Å². The van der Waals surface area contributed by atoms with E-state index < -0.39 is 0 Å². The second-order valence-corrected chi connectivity index (χ2v) is 5.14. The molecule has 106 valence electrons. The summed E-state index contributed by atoms with van der Waals surface area (Å²) in [5.74, 6) is -0.194. The lowest BCUT2D eigenvalue weighted by molar-refractivity contribution is 0.101. The molecule has 0 atom stereocenters. The molecule has 4 nitrogen and oxygen atoms in total. The maximum atomic E-state index is 12.3. The monoisotopic (exact) mass is 280 g/mol. The molecule has 1 aliphatic heterocycles. The molecule has 4 heteroatoms. The summed E-state index contributed by atoms with van der Waals surface area (Å²) in [6, 6.07) is 12.6. The van der Waals surface area contributed by atoms with Gasteiger partial charge in [-0.1, -0.05) is 18.2 Å². The van der Waals surface area contributed by atoms with Crippen molar-refractivity contribution in [3.8, 4) is 0 Å². The molecule has 0 spiro atoms. The normalized spacial score (nSPS) is 12.4. The minimum atomic E-state index is -0.174. The van der Waals surface area contributed by atoms with E-state index in [0.717, 1.165) is 18.7 Å². The number of fused-ring (bicyclic) bond motifs is 1. The van der Waals surface area contributed by atoms with Crippen LogP contribution >= 0.6 is 0 Å². The Hall–Kier alpha value is -2.62. The molecule has 2 aromatic carbocycles. The van der Waals surface area contributed by atoms with Gasteiger partial charge in [-0.05, 0) is 43.2 Å². The van der Waals surface area contributed by atoms with Crippen LogP contribution in [0.2, 0.25) is 0 Å². The number of rotatable bonds is 3. The van der Waals surface area contributed by atoms with Crippen LogP contribution in [0.3, 0.4) is 0 Å². The van der Waals surface area contributed by atoms with Gasteiger partial charge in [-0.2, -0.15) is 0 Å². The van der Waals surface area contributed by atoms with Gasteiger partial charge in [-0.15, -0.1) is 0 Å². The van der Waals surface area contributed by atoms with E-state index in [1.54, 1.807) is 24.3 Å². The van der Waals surface area contributed by atoms with Crippen LogP contribution in [0.4, 0.5) is 11.4 Å². The number of amides is 1. The van der Waals surface area contributed by atoms with Gasteiger partial charge in [-0.25, -0.2) is 0 Å². The molecule has 1 amide bonds. The van der Waals surface area contributed by atoms with E-state index in [9.17, 15) is 9.59 Å². The zero-order valence-corrected chi connectivity index (χ0v) is 11.8. The van der Waals surface area contributed by atoms with Crippen molar-refractivity contribution in [3.05, 3.63) is 59.2 Å². The predicted octanol–water partition coefficient (Wildman–Crippen LogP) is 3.11. The van der Waals surface area contributed by atoms with Crippen LogP contribution in [0.25, 0.3) is 0 Å². The number of nitrogens with one attached hydrogen (secondary N) is 2. The first-order valence-corrected chi connectivity index (χ1v) is 6.92. The number of ketones is 1. The first-order chi connectivity index (χ1) is 10.1. The summed E-state index contributed by atoms with van der Waals surface area (Å²) >= 11 is 0. The van der Waals surface area contributed by atoms with Crippen LogP contribution in [0.15, 0.2) is 42.5 Å². The van der Waals surface area contributed by atoms with Crippen molar-refractivity contribution in [1.82, 2.24) is 0 Å². The fourth-order valence-corrected chi connectivity index (χ4v) is 2.45. The molecule has 1 aliphatic rings. The molecule has 0 saturated heterocycles. The van der Waals surface area contributed by atoms with Crippen LogP contribution in [0, 0.1) is 0 Å². The van der Waals surface area contributed by atoms with E-state index in [4.69, 9.17) is 0 Å². The van der Waals surface area contributed by atoms with Crippen LogP contribution < -0.4 is 10.6 Å². The molecule has 0 saturated carbocycles. The number of Topliss-reactive ketones (excluding diaryl/α,β-unsaturated/α-hetero) is 1. The van der Waals surface area contributed by atoms with Gasteiger partial charge in [0.25, 0.3) is 5.91 Å². The van der Waals surface area contributed by atoms with E-state index in [1.165, 1.54) is 12.5 Å². The van der Waals surface area contributed by atoms with E-state index in [0.29, 0.717) is 16.8 Å². The summed E-state index contributed by atoms with van der Waals surface area (Å²) < 4.78 is 0. The average molecular weight is 280 g/mol. The van der Waals surface area contributed by atoms with Crippen molar-refractivity contribution in [2.24, 2.45) is 0 Å². The lowest BCUT2D eigenvalue weighted by atomic mass is 10.1. The third kappa shape index (κ3) is 2.79. The molecule has 0 aromatic heterocycles. The Balaban J connectivity index is 1.80. The van der Waals surface area contributed by atoms with E-state index in [-0.39, 0.29) is 11.7 Å². The van der Waals surface area contributed by atoms with E-state index in [2.05, 4.69) is 10.6 Å². The third-order valence-corrected chi connectivity index (χ3v) is 3.61. The molecule has 21 heavy (non-hydrogen) atoms. The van der Waals surface area contributed by atoms with Gasteiger partial charge in [0.2, 0.25) is 0 Å². The molecular formula is C17H16N2O2. The topological polar surface area (TPSA) is 58.2 Å². The number of carbonyl (C=O) groups excluding carboxylic acids is 2. The quantitative estimate of drug-likeness (QED) is 0.849. The molecule has 1 heterocycles. The highest BCUT2D eigenvalue weighted by Crippen LogP contribution is 2.23. The summed E-state index contributed by atoms with van der Waals surface area (Å²) in [7, 11) is 0. The zero-order chi connectivity index (χ0) is 14.8. The molecule has 2 N–H and O–H groups in total. The van der Waals surface area contributed by atoms with Gasteiger partial charge >= 0.3 is 0 Å². The number of carbonyl (C=O) groups is 2. The third-order valence-electron chi connectivity index (χ3n) is 3.61. The smallest absolute Gasteiger partial charge is 0.255 e. The summed E-state index contributed by atoms with van der Waals surface area (Å²) in [6.07, 6.45) is 0.998. The van der Waals surface area contributed by atoms with Gasteiger partial charge < -0.3 is 10.6 Å². The van der Waals surface area contributed by atoms with Crippen molar-refractivity contribution >= 4 is 23.1 Å². The zero-order valence-electron chi connectivity index (χ0n) is 11.8. The van der Waals surface area contributed by atoms with E-state index >= 15 is 0 Å². The highest BCUT2D eigenvalue weighted by Gasteiger charge is 2.13. The summed E-state index contributed by atoms with van der Waals surface area (Å²) in [4.78, 5) is 23.6. The van der Waals surface area contributed by atoms with Gasteiger partial charge in [-0.3, -0.25) is 9.59 Å². The van der Waals surface area contributed by atoms with E-state index in [1.807, 2.05) is 18.2 Å². The fourth-order valence-electron chi connectivity index (χ4n) is 2.45. The predicted molar refractivity (Wildman–Crippen MR) is 83.0 cm³/mol. The van der Waals surface area contributed by atoms with Gasteiger partial charge in [0.05, 0.1) is 0 Å². The second kappa shape index (κ2) is 5.40.